The van der Waals surface area contributed by atoms with Crippen LogP contribution in [0, 0.1) is 17.0 Å². The van der Waals surface area contributed by atoms with Crippen LogP contribution < -0.4 is 4.90 Å². The lowest BCUT2D eigenvalue weighted by Gasteiger charge is -2.35. The van der Waals surface area contributed by atoms with Gasteiger partial charge < -0.3 is 9.80 Å². The van der Waals surface area contributed by atoms with Gasteiger partial charge in [0.2, 0.25) is 11.7 Å². The highest BCUT2D eigenvalue weighted by molar-refractivity contribution is 5.76. The summed E-state index contributed by atoms with van der Waals surface area (Å²) in [6.45, 7) is 4.26. The molecule has 0 aliphatic carbocycles. The molecule has 0 unspecified atom stereocenters. The number of pyridine rings is 1. The van der Waals surface area contributed by atoms with Crippen LogP contribution in [-0.4, -0.2) is 67.1 Å². The molecule has 3 aromatic rings. The zero-order chi connectivity index (χ0) is 21.1. The first-order valence-corrected chi connectivity index (χ1v) is 9.47. The Morgan fingerprint density at radius 2 is 1.83 bits per heavy atom. The van der Waals surface area contributed by atoms with Crippen molar-refractivity contribution in [2.45, 2.75) is 13.5 Å². The van der Waals surface area contributed by atoms with Crippen molar-refractivity contribution in [1.82, 2.24) is 30.1 Å². The molecule has 1 amide bonds. The summed E-state index contributed by atoms with van der Waals surface area (Å²) in [5.41, 5.74) is 1.95. The first kappa shape index (κ1) is 19.4. The van der Waals surface area contributed by atoms with Crippen molar-refractivity contribution in [3.63, 3.8) is 0 Å². The summed E-state index contributed by atoms with van der Waals surface area (Å²) in [5, 5.41) is 23.1. The van der Waals surface area contributed by atoms with E-state index in [1.54, 1.807) is 11.0 Å². The molecule has 1 saturated heterocycles. The van der Waals surface area contributed by atoms with Crippen molar-refractivity contribution in [3.05, 3.63) is 58.3 Å². The first-order valence-electron chi connectivity index (χ1n) is 9.47. The quantitative estimate of drug-likeness (QED) is 0.457. The van der Waals surface area contributed by atoms with Crippen LogP contribution in [0.2, 0.25) is 0 Å². The van der Waals surface area contributed by atoms with Gasteiger partial charge in [-0.3, -0.25) is 14.9 Å². The number of hydrogen-bond donors (Lipinski definition) is 0. The van der Waals surface area contributed by atoms with Gasteiger partial charge in [-0.2, -0.15) is 4.80 Å². The molecule has 0 bridgehead atoms. The summed E-state index contributed by atoms with van der Waals surface area (Å²) >= 11 is 0. The van der Waals surface area contributed by atoms with Gasteiger partial charge in [-0.05, 0) is 18.2 Å². The van der Waals surface area contributed by atoms with E-state index in [0.717, 1.165) is 11.1 Å². The van der Waals surface area contributed by atoms with E-state index < -0.39 is 4.92 Å². The number of carbonyl (C=O) groups is 1. The number of amides is 1. The van der Waals surface area contributed by atoms with E-state index in [9.17, 15) is 14.9 Å². The van der Waals surface area contributed by atoms with Gasteiger partial charge in [0, 0.05) is 37.8 Å². The van der Waals surface area contributed by atoms with Crippen molar-refractivity contribution in [2.75, 3.05) is 31.1 Å². The Labute approximate surface area is 172 Å². The van der Waals surface area contributed by atoms with Crippen LogP contribution in [0.4, 0.5) is 11.5 Å². The number of hydrogen-bond acceptors (Lipinski definition) is 8. The smallest absolute Gasteiger partial charge is 0.287 e. The van der Waals surface area contributed by atoms with E-state index in [4.69, 9.17) is 0 Å². The number of carbonyl (C=O) groups excluding carboxylic acids is 1. The lowest BCUT2D eigenvalue weighted by atomic mass is 10.1. The van der Waals surface area contributed by atoms with Gasteiger partial charge in [0.05, 0.1) is 4.92 Å². The maximum absolute atomic E-state index is 12.6. The minimum Gasteiger partial charge on any atom is -0.353 e. The van der Waals surface area contributed by atoms with Crippen LogP contribution in [0.5, 0.6) is 0 Å². The molecular formula is C19H20N8O3. The van der Waals surface area contributed by atoms with Crippen molar-refractivity contribution >= 4 is 17.4 Å². The fraction of sp³-hybridized carbons (Fsp3) is 0.316. The van der Waals surface area contributed by atoms with Gasteiger partial charge in [0.15, 0.2) is 0 Å². The molecule has 4 rings (SSSR count). The fourth-order valence-corrected chi connectivity index (χ4v) is 3.21. The molecule has 0 atom stereocenters. The Morgan fingerprint density at radius 1 is 1.10 bits per heavy atom. The Bertz CT molecular complexity index is 1040. The Morgan fingerprint density at radius 3 is 2.47 bits per heavy atom. The molecule has 0 radical (unpaired) electrons. The summed E-state index contributed by atoms with van der Waals surface area (Å²) in [6, 6.07) is 10.8. The third kappa shape index (κ3) is 4.24. The first-order chi connectivity index (χ1) is 14.5. The highest BCUT2D eigenvalue weighted by Crippen LogP contribution is 2.18. The van der Waals surface area contributed by atoms with Crippen LogP contribution >= 0.6 is 0 Å². The van der Waals surface area contributed by atoms with E-state index in [2.05, 4.69) is 20.4 Å². The third-order valence-corrected chi connectivity index (χ3v) is 4.94. The molecule has 0 saturated carbocycles. The van der Waals surface area contributed by atoms with Gasteiger partial charge in [0.1, 0.15) is 18.6 Å². The number of nitro groups is 1. The van der Waals surface area contributed by atoms with E-state index in [1.165, 1.54) is 17.1 Å². The molecule has 1 fully saturated rings. The molecule has 2 aromatic heterocycles. The average molecular weight is 408 g/mol. The molecule has 0 N–H and O–H groups in total. The van der Waals surface area contributed by atoms with E-state index in [1.807, 2.05) is 36.1 Å². The number of tetrazole rings is 1. The number of rotatable bonds is 5. The number of benzene rings is 1. The van der Waals surface area contributed by atoms with Crippen LogP contribution in [0.3, 0.4) is 0 Å². The van der Waals surface area contributed by atoms with Gasteiger partial charge in [-0.15, -0.1) is 10.2 Å². The SMILES string of the molecule is Cc1ccc(-c2nnn(CC(=O)N3CCN(c4ccc([N+](=O)[O-])cn4)CC3)n2)cc1. The zero-order valence-electron chi connectivity index (χ0n) is 16.4. The number of nitrogens with zero attached hydrogens (tertiary/aromatic N) is 8. The molecule has 154 valence electrons. The number of anilines is 1. The van der Waals surface area contributed by atoms with Gasteiger partial charge >= 0.3 is 0 Å². The van der Waals surface area contributed by atoms with Crippen molar-refractivity contribution < 1.29 is 9.72 Å². The highest BCUT2D eigenvalue weighted by atomic mass is 16.6. The Hall–Kier alpha value is -3.89. The summed E-state index contributed by atoms with van der Waals surface area (Å²) in [6.07, 6.45) is 1.24. The molecule has 0 spiro atoms. The molecule has 30 heavy (non-hydrogen) atoms. The van der Waals surface area contributed by atoms with E-state index in [-0.39, 0.29) is 18.1 Å². The fourth-order valence-electron chi connectivity index (χ4n) is 3.21. The predicted molar refractivity (Wildman–Crippen MR) is 108 cm³/mol. The topological polar surface area (TPSA) is 123 Å². The Balaban J connectivity index is 1.32. The standard InChI is InChI=1S/C19H20N8O3/c1-14-2-4-15(5-3-14)19-21-23-26(22-19)13-18(28)25-10-8-24(9-11-25)17-7-6-16(12-20-17)27(29)30/h2-7,12H,8-11,13H2,1H3. The second-order valence-electron chi connectivity index (χ2n) is 7.01. The summed E-state index contributed by atoms with van der Waals surface area (Å²) in [4.78, 5) is 32.1. The molecule has 1 aliphatic heterocycles. The predicted octanol–water partition coefficient (Wildman–Crippen LogP) is 1.30. The van der Waals surface area contributed by atoms with Crippen molar-refractivity contribution in [3.8, 4) is 11.4 Å². The molecule has 3 heterocycles. The maximum Gasteiger partial charge on any atom is 0.287 e. The molecule has 11 heteroatoms. The zero-order valence-corrected chi connectivity index (χ0v) is 16.4. The molecule has 1 aromatic carbocycles. The van der Waals surface area contributed by atoms with Gasteiger partial charge in [-0.25, -0.2) is 4.98 Å². The number of piperazine rings is 1. The number of aryl methyl sites for hydroxylation is 1. The largest absolute Gasteiger partial charge is 0.353 e. The lowest BCUT2D eigenvalue weighted by molar-refractivity contribution is -0.385. The van der Waals surface area contributed by atoms with Crippen molar-refractivity contribution in [2.24, 2.45) is 0 Å². The normalized spacial score (nSPS) is 14.0. The van der Waals surface area contributed by atoms with Gasteiger partial charge in [0.25, 0.3) is 5.69 Å². The minimum atomic E-state index is -0.476. The molecule has 11 nitrogen and oxygen atoms in total. The van der Waals surface area contributed by atoms with E-state index >= 15 is 0 Å². The van der Waals surface area contributed by atoms with Crippen LogP contribution in [0.15, 0.2) is 42.6 Å². The summed E-state index contributed by atoms with van der Waals surface area (Å²) in [5.74, 6) is 1.06. The lowest BCUT2D eigenvalue weighted by Crippen LogP contribution is -2.50. The monoisotopic (exact) mass is 408 g/mol. The third-order valence-electron chi connectivity index (χ3n) is 4.94. The second kappa shape index (κ2) is 8.23. The summed E-state index contributed by atoms with van der Waals surface area (Å²) in [7, 11) is 0. The summed E-state index contributed by atoms with van der Waals surface area (Å²) < 4.78 is 0. The maximum atomic E-state index is 12.6. The minimum absolute atomic E-state index is 0.0225. The van der Waals surface area contributed by atoms with Gasteiger partial charge in [-0.1, -0.05) is 29.8 Å². The van der Waals surface area contributed by atoms with Crippen LogP contribution in [0.25, 0.3) is 11.4 Å². The molecule has 1 aliphatic rings. The number of aromatic nitrogens is 5. The highest BCUT2D eigenvalue weighted by Gasteiger charge is 2.23. The van der Waals surface area contributed by atoms with Crippen LogP contribution in [-0.2, 0) is 11.3 Å². The molecular weight excluding hydrogens is 388 g/mol. The van der Waals surface area contributed by atoms with Crippen molar-refractivity contribution in [1.29, 1.82) is 0 Å². The Kier molecular flexibility index (Phi) is 5.33. The average Bonchev–Trinajstić information content (AvgIpc) is 3.23. The van der Waals surface area contributed by atoms with Crippen LogP contribution in [0.1, 0.15) is 5.56 Å². The second-order valence-corrected chi connectivity index (χ2v) is 7.01. The van der Waals surface area contributed by atoms with E-state index in [0.29, 0.717) is 37.8 Å².